The summed E-state index contributed by atoms with van der Waals surface area (Å²) in [6, 6.07) is 13.3. The zero-order chi connectivity index (χ0) is 21.8. The highest BCUT2D eigenvalue weighted by Crippen LogP contribution is 2.29. The van der Waals surface area contributed by atoms with Gasteiger partial charge in [0.05, 0.1) is 5.75 Å². The summed E-state index contributed by atoms with van der Waals surface area (Å²) in [5.41, 5.74) is 4.51. The number of thioether (sulfide) groups is 1. The van der Waals surface area contributed by atoms with Gasteiger partial charge in [-0.15, -0.1) is 10.2 Å². The Labute approximate surface area is 189 Å². The molecule has 160 valence electrons. The van der Waals surface area contributed by atoms with Gasteiger partial charge in [-0.25, -0.2) is 0 Å². The van der Waals surface area contributed by atoms with E-state index in [9.17, 15) is 9.59 Å². The number of hydrogen-bond acceptors (Lipinski definition) is 7. The predicted octanol–water partition coefficient (Wildman–Crippen LogP) is 4.52. The SMILES string of the molecule is Cc1cccc(Nc2nnc(SCC(=O)Nc3cccc(C(=O)NC4CC4)c3)s2)c1C. The van der Waals surface area contributed by atoms with Crippen molar-refractivity contribution >= 4 is 51.4 Å². The second-order valence-corrected chi connectivity index (χ2v) is 9.61. The lowest BCUT2D eigenvalue weighted by Gasteiger charge is -2.08. The first-order chi connectivity index (χ1) is 15.0. The third-order valence-electron chi connectivity index (χ3n) is 4.90. The van der Waals surface area contributed by atoms with Crippen LogP contribution in [0.15, 0.2) is 46.8 Å². The van der Waals surface area contributed by atoms with Crippen molar-refractivity contribution in [1.82, 2.24) is 15.5 Å². The molecule has 1 heterocycles. The summed E-state index contributed by atoms with van der Waals surface area (Å²) in [7, 11) is 0. The van der Waals surface area contributed by atoms with Crippen molar-refractivity contribution in [3.8, 4) is 0 Å². The largest absolute Gasteiger partial charge is 0.349 e. The molecule has 0 atom stereocenters. The van der Waals surface area contributed by atoms with Gasteiger partial charge in [0.1, 0.15) is 0 Å². The number of hydrogen-bond donors (Lipinski definition) is 3. The highest BCUT2D eigenvalue weighted by atomic mass is 32.2. The minimum absolute atomic E-state index is 0.106. The maximum Gasteiger partial charge on any atom is 0.251 e. The van der Waals surface area contributed by atoms with Crippen LogP contribution in [-0.4, -0.2) is 33.8 Å². The average molecular weight is 454 g/mol. The second-order valence-electron chi connectivity index (χ2n) is 7.41. The number of carbonyl (C=O) groups is 2. The smallest absolute Gasteiger partial charge is 0.251 e. The van der Waals surface area contributed by atoms with Crippen molar-refractivity contribution in [3.05, 3.63) is 59.2 Å². The quantitative estimate of drug-likeness (QED) is 0.434. The molecule has 0 unspecified atom stereocenters. The van der Waals surface area contributed by atoms with Crippen molar-refractivity contribution in [2.45, 2.75) is 37.1 Å². The van der Waals surface area contributed by atoms with E-state index in [1.807, 2.05) is 12.1 Å². The van der Waals surface area contributed by atoms with Crippen LogP contribution < -0.4 is 16.0 Å². The van der Waals surface area contributed by atoms with E-state index in [2.05, 4.69) is 46.1 Å². The fourth-order valence-electron chi connectivity index (χ4n) is 2.88. The molecule has 1 fully saturated rings. The number of aromatic nitrogens is 2. The Bertz CT molecular complexity index is 1110. The molecule has 31 heavy (non-hydrogen) atoms. The summed E-state index contributed by atoms with van der Waals surface area (Å²) < 4.78 is 0.709. The second kappa shape index (κ2) is 9.49. The zero-order valence-electron chi connectivity index (χ0n) is 17.3. The van der Waals surface area contributed by atoms with Crippen molar-refractivity contribution < 1.29 is 9.59 Å². The topological polar surface area (TPSA) is 96.0 Å². The molecule has 0 radical (unpaired) electrons. The van der Waals surface area contributed by atoms with Gasteiger partial charge >= 0.3 is 0 Å². The first kappa shape index (κ1) is 21.3. The van der Waals surface area contributed by atoms with Crippen LogP contribution in [0.1, 0.15) is 34.3 Å². The first-order valence-corrected chi connectivity index (χ1v) is 11.8. The molecule has 0 spiro atoms. The van der Waals surface area contributed by atoms with Crippen LogP contribution in [0.25, 0.3) is 0 Å². The average Bonchev–Trinajstić information content (AvgIpc) is 3.46. The van der Waals surface area contributed by atoms with E-state index in [1.165, 1.54) is 34.2 Å². The van der Waals surface area contributed by atoms with E-state index in [0.29, 0.717) is 26.8 Å². The molecule has 1 aliphatic rings. The summed E-state index contributed by atoms with van der Waals surface area (Å²) in [6.07, 6.45) is 2.07. The first-order valence-electron chi connectivity index (χ1n) is 9.98. The van der Waals surface area contributed by atoms with Crippen LogP contribution in [0.3, 0.4) is 0 Å². The third-order valence-corrected chi connectivity index (χ3v) is 6.87. The van der Waals surface area contributed by atoms with Crippen LogP contribution in [0, 0.1) is 13.8 Å². The Morgan fingerprint density at radius 3 is 2.74 bits per heavy atom. The van der Waals surface area contributed by atoms with E-state index in [-0.39, 0.29) is 17.6 Å². The molecule has 4 rings (SSSR count). The Morgan fingerprint density at radius 1 is 1.13 bits per heavy atom. The van der Waals surface area contributed by atoms with E-state index in [0.717, 1.165) is 18.5 Å². The minimum atomic E-state index is -0.163. The highest BCUT2D eigenvalue weighted by Gasteiger charge is 2.23. The van der Waals surface area contributed by atoms with E-state index < -0.39 is 0 Å². The van der Waals surface area contributed by atoms with Gasteiger partial charge in [-0.3, -0.25) is 9.59 Å². The van der Waals surface area contributed by atoms with Gasteiger partial charge in [0.15, 0.2) is 4.34 Å². The molecule has 1 aromatic heterocycles. The Hall–Kier alpha value is -2.91. The summed E-state index contributed by atoms with van der Waals surface area (Å²) in [5, 5.41) is 18.1. The van der Waals surface area contributed by atoms with Gasteiger partial charge < -0.3 is 16.0 Å². The Balaban J connectivity index is 1.29. The minimum Gasteiger partial charge on any atom is -0.349 e. The number of nitrogens with zero attached hydrogens (tertiary/aromatic N) is 2. The summed E-state index contributed by atoms with van der Waals surface area (Å²) >= 11 is 2.73. The van der Waals surface area contributed by atoms with Gasteiger partial charge in [0, 0.05) is 23.0 Å². The molecule has 2 amide bonds. The van der Waals surface area contributed by atoms with E-state index in [1.54, 1.807) is 24.3 Å². The van der Waals surface area contributed by atoms with Gasteiger partial charge in [-0.1, -0.05) is 41.3 Å². The number of amides is 2. The molecule has 3 aromatic rings. The molecule has 1 saturated carbocycles. The number of anilines is 3. The Kier molecular flexibility index (Phi) is 6.53. The van der Waals surface area contributed by atoms with Gasteiger partial charge in [0.2, 0.25) is 11.0 Å². The standard InChI is InChI=1S/C22H23N5O2S2/c1-13-5-3-8-18(14(13)2)25-21-26-27-22(31-21)30-12-19(28)23-17-7-4-6-15(11-17)20(29)24-16-9-10-16/h3-8,11,16H,9-10,12H2,1-2H3,(H,23,28)(H,24,29)(H,25,26). The van der Waals surface area contributed by atoms with Crippen LogP contribution >= 0.6 is 23.1 Å². The number of rotatable bonds is 8. The number of carbonyl (C=O) groups excluding carboxylic acids is 2. The highest BCUT2D eigenvalue weighted by molar-refractivity contribution is 8.01. The lowest BCUT2D eigenvalue weighted by atomic mass is 10.1. The van der Waals surface area contributed by atoms with Crippen molar-refractivity contribution in [2.75, 3.05) is 16.4 Å². The molecule has 0 bridgehead atoms. The molecular formula is C22H23N5O2S2. The van der Waals surface area contributed by atoms with Crippen molar-refractivity contribution in [2.24, 2.45) is 0 Å². The molecule has 2 aromatic carbocycles. The number of aryl methyl sites for hydroxylation is 1. The fourth-order valence-corrected chi connectivity index (χ4v) is 4.44. The lowest BCUT2D eigenvalue weighted by Crippen LogP contribution is -2.25. The van der Waals surface area contributed by atoms with Gasteiger partial charge in [-0.2, -0.15) is 0 Å². The molecule has 0 saturated heterocycles. The molecule has 0 aliphatic heterocycles. The van der Waals surface area contributed by atoms with E-state index in [4.69, 9.17) is 0 Å². The third kappa shape index (κ3) is 5.83. The van der Waals surface area contributed by atoms with Crippen molar-refractivity contribution in [3.63, 3.8) is 0 Å². The van der Waals surface area contributed by atoms with Gasteiger partial charge in [-0.05, 0) is 62.1 Å². The van der Waals surface area contributed by atoms with Crippen LogP contribution in [0.4, 0.5) is 16.5 Å². The Morgan fingerprint density at radius 2 is 1.94 bits per heavy atom. The summed E-state index contributed by atoms with van der Waals surface area (Å²) in [4.78, 5) is 24.5. The summed E-state index contributed by atoms with van der Waals surface area (Å²) in [6.45, 7) is 4.12. The van der Waals surface area contributed by atoms with Crippen LogP contribution in [-0.2, 0) is 4.79 Å². The number of benzene rings is 2. The van der Waals surface area contributed by atoms with Crippen molar-refractivity contribution in [1.29, 1.82) is 0 Å². The summed E-state index contributed by atoms with van der Waals surface area (Å²) in [5.74, 6) is -0.0638. The monoisotopic (exact) mass is 453 g/mol. The molecule has 3 N–H and O–H groups in total. The molecule has 9 heteroatoms. The fraction of sp³-hybridized carbons (Fsp3) is 0.273. The number of nitrogens with one attached hydrogen (secondary N) is 3. The predicted molar refractivity (Wildman–Crippen MR) is 125 cm³/mol. The molecule has 7 nitrogen and oxygen atoms in total. The van der Waals surface area contributed by atoms with Crippen LogP contribution in [0.5, 0.6) is 0 Å². The zero-order valence-corrected chi connectivity index (χ0v) is 18.9. The molecule has 1 aliphatic carbocycles. The maximum absolute atomic E-state index is 12.3. The lowest BCUT2D eigenvalue weighted by molar-refractivity contribution is -0.113. The normalized spacial score (nSPS) is 13.0. The molecular weight excluding hydrogens is 430 g/mol. The van der Waals surface area contributed by atoms with E-state index >= 15 is 0 Å². The van der Waals surface area contributed by atoms with Crippen LogP contribution in [0.2, 0.25) is 0 Å². The maximum atomic E-state index is 12.3. The van der Waals surface area contributed by atoms with Gasteiger partial charge in [0.25, 0.3) is 5.91 Å².